The second-order valence-corrected chi connectivity index (χ2v) is 7.35. The van der Waals surface area contributed by atoms with Crippen molar-refractivity contribution in [1.29, 1.82) is 0 Å². The minimum atomic E-state index is -1.00. The maximum Gasteiger partial charge on any atom is 0.411 e. The second-order valence-electron chi connectivity index (χ2n) is 7.35. The molecule has 1 amide bonds. The minimum Gasteiger partial charge on any atom is -0.465 e. The first-order valence-corrected chi connectivity index (χ1v) is 8.90. The van der Waals surface area contributed by atoms with E-state index in [1.165, 1.54) is 17.0 Å². The number of aryl methyl sites for hydroxylation is 2. The smallest absolute Gasteiger partial charge is 0.411 e. The molecule has 26 heavy (non-hydrogen) atoms. The van der Waals surface area contributed by atoms with E-state index in [0.29, 0.717) is 17.8 Å². The van der Waals surface area contributed by atoms with Gasteiger partial charge in [0.05, 0.1) is 5.69 Å². The van der Waals surface area contributed by atoms with Crippen molar-refractivity contribution in [3.63, 3.8) is 0 Å². The van der Waals surface area contributed by atoms with Gasteiger partial charge >= 0.3 is 6.09 Å². The molecule has 5 heteroatoms. The summed E-state index contributed by atoms with van der Waals surface area (Å²) in [5.74, 6) is -0.0814. The second kappa shape index (κ2) is 7.46. The first kappa shape index (κ1) is 18.4. The molecule has 1 atom stereocenters. The Hall–Kier alpha value is -2.40. The number of amides is 1. The van der Waals surface area contributed by atoms with Gasteiger partial charge in [-0.05, 0) is 63.5 Å². The van der Waals surface area contributed by atoms with Crippen molar-refractivity contribution in [3.8, 4) is 11.1 Å². The van der Waals surface area contributed by atoms with Crippen LogP contribution in [-0.4, -0.2) is 42.8 Å². The van der Waals surface area contributed by atoms with Crippen LogP contribution in [0.1, 0.15) is 17.5 Å². The van der Waals surface area contributed by atoms with Crippen molar-refractivity contribution in [2.24, 2.45) is 5.92 Å². The Balaban J connectivity index is 2.03. The van der Waals surface area contributed by atoms with Crippen LogP contribution in [0.3, 0.4) is 0 Å². The zero-order valence-corrected chi connectivity index (χ0v) is 15.5. The van der Waals surface area contributed by atoms with Crippen LogP contribution in [0, 0.1) is 25.6 Å². The molecule has 4 nitrogen and oxygen atoms in total. The molecule has 3 rings (SSSR count). The first-order chi connectivity index (χ1) is 12.3. The fourth-order valence-electron chi connectivity index (χ4n) is 3.82. The van der Waals surface area contributed by atoms with Gasteiger partial charge in [-0.25, -0.2) is 9.18 Å². The normalized spacial score (nSPS) is 17.5. The summed E-state index contributed by atoms with van der Waals surface area (Å²) in [6.07, 6.45) is -0.0304. The molecular weight excluding hydrogens is 331 g/mol. The van der Waals surface area contributed by atoms with Gasteiger partial charge in [0.1, 0.15) is 5.82 Å². The average molecular weight is 356 g/mol. The SMILES string of the molecule is Cc1cc(C)cc(-c2cc(F)ccc2N(C[C@@H]2CCN(C)C2)C(=O)O)c1. The topological polar surface area (TPSA) is 43.8 Å². The van der Waals surface area contributed by atoms with Gasteiger partial charge in [0.15, 0.2) is 0 Å². The van der Waals surface area contributed by atoms with Gasteiger partial charge in [0, 0.05) is 18.7 Å². The van der Waals surface area contributed by atoms with Crippen LogP contribution in [0.4, 0.5) is 14.9 Å². The fourth-order valence-corrected chi connectivity index (χ4v) is 3.82. The Morgan fingerprint density at radius 2 is 1.92 bits per heavy atom. The molecule has 1 aliphatic heterocycles. The number of rotatable bonds is 4. The van der Waals surface area contributed by atoms with E-state index in [1.54, 1.807) is 6.07 Å². The van der Waals surface area contributed by atoms with Gasteiger partial charge in [0.25, 0.3) is 0 Å². The predicted octanol–water partition coefficient (Wildman–Crippen LogP) is 4.55. The van der Waals surface area contributed by atoms with Crippen LogP contribution in [0.15, 0.2) is 36.4 Å². The standard InChI is InChI=1S/C21H25FN2O2/c1-14-8-15(2)10-17(9-14)19-11-18(22)4-5-20(19)24(21(25)26)13-16-6-7-23(3)12-16/h4-5,8-11,16H,6-7,12-13H2,1-3H3,(H,25,26)/t16-/m1/s1. The van der Waals surface area contributed by atoms with E-state index in [9.17, 15) is 14.3 Å². The molecule has 0 radical (unpaired) electrons. The Morgan fingerprint density at radius 3 is 2.50 bits per heavy atom. The number of hydrogen-bond donors (Lipinski definition) is 1. The van der Waals surface area contributed by atoms with Crippen LogP contribution < -0.4 is 4.90 Å². The molecule has 2 aromatic carbocycles. The maximum atomic E-state index is 14.0. The van der Waals surface area contributed by atoms with E-state index in [1.807, 2.05) is 39.1 Å². The molecule has 1 heterocycles. The Bertz CT molecular complexity index is 801. The van der Waals surface area contributed by atoms with Crippen LogP contribution in [-0.2, 0) is 0 Å². The third-order valence-electron chi connectivity index (χ3n) is 4.94. The van der Waals surface area contributed by atoms with Gasteiger partial charge in [-0.3, -0.25) is 4.90 Å². The highest BCUT2D eigenvalue weighted by Crippen LogP contribution is 2.34. The summed E-state index contributed by atoms with van der Waals surface area (Å²) in [7, 11) is 2.05. The maximum absolute atomic E-state index is 14.0. The highest BCUT2D eigenvalue weighted by atomic mass is 19.1. The molecular formula is C21H25FN2O2. The van der Waals surface area contributed by atoms with Crippen LogP contribution in [0.25, 0.3) is 11.1 Å². The molecule has 2 aromatic rings. The highest BCUT2D eigenvalue weighted by Gasteiger charge is 2.27. The van der Waals surface area contributed by atoms with E-state index < -0.39 is 6.09 Å². The largest absolute Gasteiger partial charge is 0.465 e. The highest BCUT2D eigenvalue weighted by molar-refractivity contribution is 5.93. The van der Waals surface area contributed by atoms with Gasteiger partial charge in [-0.15, -0.1) is 0 Å². The van der Waals surface area contributed by atoms with E-state index >= 15 is 0 Å². The Labute approximate surface area is 153 Å². The van der Waals surface area contributed by atoms with Gasteiger partial charge in [-0.2, -0.15) is 0 Å². The molecule has 1 fully saturated rings. The number of carbonyl (C=O) groups is 1. The van der Waals surface area contributed by atoms with Crippen molar-refractivity contribution < 1.29 is 14.3 Å². The molecule has 0 aromatic heterocycles. The lowest BCUT2D eigenvalue weighted by Crippen LogP contribution is -2.35. The minimum absolute atomic E-state index is 0.285. The van der Waals surface area contributed by atoms with Crippen molar-refractivity contribution in [2.75, 3.05) is 31.6 Å². The summed E-state index contributed by atoms with van der Waals surface area (Å²) in [5, 5.41) is 9.82. The number of anilines is 1. The number of benzene rings is 2. The molecule has 1 N–H and O–H groups in total. The summed E-state index contributed by atoms with van der Waals surface area (Å²) < 4.78 is 14.0. The number of carboxylic acid groups (broad SMARTS) is 1. The molecule has 138 valence electrons. The average Bonchev–Trinajstić information content (AvgIpc) is 2.97. The lowest BCUT2D eigenvalue weighted by atomic mass is 9.98. The van der Waals surface area contributed by atoms with Crippen molar-refractivity contribution >= 4 is 11.8 Å². The molecule has 0 spiro atoms. The van der Waals surface area contributed by atoms with Crippen LogP contribution in [0.5, 0.6) is 0 Å². The zero-order chi connectivity index (χ0) is 18.8. The number of halogens is 1. The number of nitrogens with zero attached hydrogens (tertiary/aromatic N) is 2. The molecule has 0 unspecified atom stereocenters. The third kappa shape index (κ3) is 4.05. The van der Waals surface area contributed by atoms with Crippen LogP contribution >= 0.6 is 0 Å². The van der Waals surface area contributed by atoms with E-state index in [2.05, 4.69) is 4.90 Å². The van der Waals surface area contributed by atoms with Gasteiger partial charge < -0.3 is 10.0 Å². The van der Waals surface area contributed by atoms with Gasteiger partial charge in [-0.1, -0.05) is 29.3 Å². The lowest BCUT2D eigenvalue weighted by Gasteiger charge is -2.25. The third-order valence-corrected chi connectivity index (χ3v) is 4.94. The van der Waals surface area contributed by atoms with Crippen molar-refractivity contribution in [2.45, 2.75) is 20.3 Å². The molecule has 0 aliphatic carbocycles. The summed E-state index contributed by atoms with van der Waals surface area (Å²) in [5.41, 5.74) is 4.12. The zero-order valence-electron chi connectivity index (χ0n) is 15.5. The van der Waals surface area contributed by atoms with E-state index in [4.69, 9.17) is 0 Å². The Morgan fingerprint density at radius 1 is 1.23 bits per heavy atom. The molecule has 0 saturated carbocycles. The number of hydrogen-bond acceptors (Lipinski definition) is 2. The van der Waals surface area contributed by atoms with E-state index in [-0.39, 0.29) is 11.7 Å². The summed E-state index contributed by atoms with van der Waals surface area (Å²) in [4.78, 5) is 15.6. The molecule has 1 aliphatic rings. The van der Waals surface area contributed by atoms with Crippen LogP contribution in [0.2, 0.25) is 0 Å². The van der Waals surface area contributed by atoms with Gasteiger partial charge in [0.2, 0.25) is 0 Å². The summed E-state index contributed by atoms with van der Waals surface area (Å²) in [6.45, 7) is 6.25. The number of likely N-dealkylation sites (tertiary alicyclic amines) is 1. The first-order valence-electron chi connectivity index (χ1n) is 8.90. The van der Waals surface area contributed by atoms with Crippen molar-refractivity contribution in [1.82, 2.24) is 4.90 Å². The molecule has 1 saturated heterocycles. The molecule has 0 bridgehead atoms. The fraction of sp³-hybridized carbons (Fsp3) is 0.381. The van der Waals surface area contributed by atoms with E-state index in [0.717, 1.165) is 36.2 Å². The Kier molecular flexibility index (Phi) is 5.28. The lowest BCUT2D eigenvalue weighted by molar-refractivity contribution is 0.200. The summed E-state index contributed by atoms with van der Waals surface area (Å²) >= 11 is 0. The summed E-state index contributed by atoms with van der Waals surface area (Å²) in [6, 6.07) is 10.3. The quantitative estimate of drug-likeness (QED) is 0.874. The monoisotopic (exact) mass is 356 g/mol. The van der Waals surface area contributed by atoms with Crippen molar-refractivity contribution in [3.05, 3.63) is 53.3 Å². The predicted molar refractivity (Wildman–Crippen MR) is 102 cm³/mol.